The highest BCUT2D eigenvalue weighted by Gasteiger charge is 2.56. The molecule has 0 aromatic heterocycles. The zero-order valence-electron chi connectivity index (χ0n) is 8.69. The number of nitrogens with two attached hydrogens (primary N) is 1. The van der Waals surface area contributed by atoms with Crippen LogP contribution in [0.4, 0.5) is 22.0 Å². The van der Waals surface area contributed by atoms with Gasteiger partial charge in [-0.3, -0.25) is 4.21 Å². The quantitative estimate of drug-likeness (QED) is 0.751. The molecule has 2 N–H and O–H groups in total. The molecule has 8 heteroatoms. The Morgan fingerprint density at radius 1 is 1.25 bits per heavy atom. The van der Waals surface area contributed by atoms with Crippen molar-refractivity contribution < 1.29 is 26.2 Å². The Hall–Kier alpha value is -0.240. The molecular formula is C8H14F5NOS. The lowest BCUT2D eigenvalue weighted by atomic mass is 10.2. The van der Waals surface area contributed by atoms with Gasteiger partial charge in [0.1, 0.15) is 0 Å². The molecule has 0 aromatic rings. The first-order chi connectivity index (χ1) is 7.12. The molecule has 0 saturated carbocycles. The highest BCUT2D eigenvalue weighted by molar-refractivity contribution is 7.85. The van der Waals surface area contributed by atoms with Crippen LogP contribution in [0.15, 0.2) is 0 Å². The minimum absolute atomic E-state index is 0.235. The first-order valence-electron chi connectivity index (χ1n) is 4.69. The number of hydrogen-bond acceptors (Lipinski definition) is 2. The molecule has 0 rings (SSSR count). The maximum absolute atomic E-state index is 12.4. The summed E-state index contributed by atoms with van der Waals surface area (Å²) in [6.07, 6.45) is -6.96. The van der Waals surface area contributed by atoms with E-state index in [1.165, 1.54) is 0 Å². The van der Waals surface area contributed by atoms with Crippen molar-refractivity contribution in [1.82, 2.24) is 0 Å². The average Bonchev–Trinajstić information content (AvgIpc) is 2.14. The van der Waals surface area contributed by atoms with E-state index >= 15 is 0 Å². The van der Waals surface area contributed by atoms with E-state index in [1.807, 2.05) is 0 Å². The summed E-state index contributed by atoms with van der Waals surface area (Å²) in [7, 11) is -1.55. The molecule has 0 saturated heterocycles. The molecule has 0 spiro atoms. The van der Waals surface area contributed by atoms with Crippen molar-refractivity contribution in [3.8, 4) is 0 Å². The predicted octanol–water partition coefficient (Wildman–Crippen LogP) is 2.41. The van der Waals surface area contributed by atoms with Crippen molar-refractivity contribution in [1.29, 1.82) is 0 Å². The lowest BCUT2D eigenvalue weighted by Gasteiger charge is -2.19. The van der Waals surface area contributed by atoms with Gasteiger partial charge in [-0.25, -0.2) is 0 Å². The number of rotatable bonds is 6. The molecule has 2 nitrogen and oxygen atoms in total. The second-order valence-electron chi connectivity index (χ2n) is 3.34. The first kappa shape index (κ1) is 15.8. The maximum atomic E-state index is 12.4. The van der Waals surface area contributed by atoms with Gasteiger partial charge in [0, 0.05) is 23.0 Å². The molecule has 0 amide bonds. The predicted molar refractivity (Wildman–Crippen MR) is 51.5 cm³/mol. The zero-order chi connectivity index (χ0) is 13.0. The molecule has 0 fully saturated rings. The van der Waals surface area contributed by atoms with Gasteiger partial charge >= 0.3 is 12.1 Å². The molecule has 0 aliphatic rings. The Balaban J connectivity index is 4.04. The fraction of sp³-hybridized carbons (Fsp3) is 1.00. The molecule has 0 bridgehead atoms. The van der Waals surface area contributed by atoms with E-state index in [2.05, 4.69) is 0 Å². The van der Waals surface area contributed by atoms with Crippen molar-refractivity contribution in [2.24, 2.45) is 5.73 Å². The number of halogens is 5. The molecule has 0 aliphatic carbocycles. The largest absolute Gasteiger partial charge is 0.453 e. The summed E-state index contributed by atoms with van der Waals surface area (Å²) in [5, 5.41) is -0.667. The average molecular weight is 267 g/mol. The molecule has 0 heterocycles. The maximum Gasteiger partial charge on any atom is 0.453 e. The Kier molecular flexibility index (Phi) is 5.81. The topological polar surface area (TPSA) is 43.1 Å². The summed E-state index contributed by atoms with van der Waals surface area (Å²) >= 11 is 0. The summed E-state index contributed by atoms with van der Waals surface area (Å²) in [4.78, 5) is 0. The minimum Gasteiger partial charge on any atom is -0.317 e. The summed E-state index contributed by atoms with van der Waals surface area (Å²) in [6, 6.07) is 0. The smallest absolute Gasteiger partial charge is 0.317 e. The summed E-state index contributed by atoms with van der Waals surface area (Å²) in [5.41, 5.74) is 5.34. The fourth-order valence-corrected chi connectivity index (χ4v) is 2.02. The van der Waals surface area contributed by atoms with Crippen molar-refractivity contribution >= 4 is 10.8 Å². The third-order valence-electron chi connectivity index (χ3n) is 1.99. The lowest BCUT2D eigenvalue weighted by Crippen LogP contribution is -2.36. The molecule has 0 aromatic carbocycles. The normalized spacial score (nSPS) is 17.2. The second kappa shape index (κ2) is 5.90. The first-order valence-corrected chi connectivity index (χ1v) is 6.07. The molecule has 16 heavy (non-hydrogen) atoms. The molecule has 2 unspecified atom stereocenters. The van der Waals surface area contributed by atoms with Gasteiger partial charge in [0.15, 0.2) is 0 Å². The summed E-state index contributed by atoms with van der Waals surface area (Å²) in [5.74, 6) is -4.95. The van der Waals surface area contributed by atoms with Gasteiger partial charge in [-0.2, -0.15) is 22.0 Å². The lowest BCUT2D eigenvalue weighted by molar-refractivity contribution is -0.284. The molecule has 98 valence electrons. The van der Waals surface area contributed by atoms with Gasteiger partial charge in [-0.05, 0) is 12.8 Å². The van der Waals surface area contributed by atoms with E-state index in [0.717, 1.165) is 0 Å². The molecular weight excluding hydrogens is 253 g/mol. The standard InChI is InChI=1S/C8H14F5NOS/c1-2-6(14)16(15)5-3-4-7(9,10)8(11,12)13/h6H,2-5,14H2,1H3. The van der Waals surface area contributed by atoms with Gasteiger partial charge in [-0.1, -0.05) is 6.92 Å². The van der Waals surface area contributed by atoms with E-state index in [-0.39, 0.29) is 5.75 Å². The van der Waals surface area contributed by atoms with Crippen LogP contribution in [0.2, 0.25) is 0 Å². The second-order valence-corrected chi connectivity index (χ2v) is 5.11. The van der Waals surface area contributed by atoms with E-state index in [1.54, 1.807) is 6.92 Å². The van der Waals surface area contributed by atoms with Gasteiger partial charge in [0.25, 0.3) is 0 Å². The van der Waals surface area contributed by atoms with Crippen LogP contribution >= 0.6 is 0 Å². The van der Waals surface area contributed by atoms with Crippen molar-refractivity contribution in [3.63, 3.8) is 0 Å². The van der Waals surface area contributed by atoms with E-state index in [0.29, 0.717) is 6.42 Å². The monoisotopic (exact) mass is 267 g/mol. The van der Waals surface area contributed by atoms with Crippen molar-refractivity contribution in [2.75, 3.05) is 5.75 Å². The highest BCUT2D eigenvalue weighted by Crippen LogP contribution is 2.38. The molecule has 2 atom stereocenters. The van der Waals surface area contributed by atoms with E-state index < -0.39 is 41.1 Å². The van der Waals surface area contributed by atoms with Gasteiger partial charge in [-0.15, -0.1) is 0 Å². The summed E-state index contributed by atoms with van der Waals surface area (Å²) < 4.78 is 71.2. The molecule has 0 radical (unpaired) electrons. The Morgan fingerprint density at radius 3 is 2.12 bits per heavy atom. The van der Waals surface area contributed by atoms with Crippen LogP contribution in [0.5, 0.6) is 0 Å². The van der Waals surface area contributed by atoms with Crippen LogP contribution in [-0.4, -0.2) is 27.4 Å². The third kappa shape index (κ3) is 4.73. The highest BCUT2D eigenvalue weighted by atomic mass is 32.2. The van der Waals surface area contributed by atoms with Crippen molar-refractivity contribution in [2.45, 2.75) is 43.7 Å². The van der Waals surface area contributed by atoms with E-state index in [4.69, 9.17) is 5.73 Å². The Morgan fingerprint density at radius 2 is 1.75 bits per heavy atom. The van der Waals surface area contributed by atoms with Crippen LogP contribution in [0.25, 0.3) is 0 Å². The zero-order valence-corrected chi connectivity index (χ0v) is 9.51. The number of hydrogen-bond donors (Lipinski definition) is 1. The van der Waals surface area contributed by atoms with Gasteiger partial charge in [0.05, 0.1) is 5.37 Å². The fourth-order valence-electron chi connectivity index (χ4n) is 0.915. The Labute approximate surface area is 92.8 Å². The number of alkyl halides is 5. The van der Waals surface area contributed by atoms with Gasteiger partial charge < -0.3 is 5.73 Å². The van der Waals surface area contributed by atoms with Gasteiger partial charge in [0.2, 0.25) is 0 Å². The van der Waals surface area contributed by atoms with Crippen molar-refractivity contribution in [3.05, 3.63) is 0 Å². The third-order valence-corrected chi connectivity index (χ3v) is 3.69. The van der Waals surface area contributed by atoms with Crippen LogP contribution in [0.3, 0.4) is 0 Å². The van der Waals surface area contributed by atoms with Crippen LogP contribution in [-0.2, 0) is 10.8 Å². The summed E-state index contributed by atoms with van der Waals surface area (Å²) in [6.45, 7) is 1.66. The van der Waals surface area contributed by atoms with Crippen LogP contribution < -0.4 is 5.73 Å². The molecule has 0 aliphatic heterocycles. The SMILES string of the molecule is CCC(N)S(=O)CCCC(F)(F)C(F)(F)F. The van der Waals surface area contributed by atoms with E-state index in [9.17, 15) is 26.2 Å². The Bertz CT molecular complexity index is 243. The minimum atomic E-state index is -5.54. The van der Waals surface area contributed by atoms with Crippen LogP contribution in [0.1, 0.15) is 26.2 Å². The van der Waals surface area contributed by atoms with Crippen LogP contribution in [0, 0.1) is 0 Å².